The molecule has 1 aliphatic rings. The molecule has 0 bridgehead atoms. The van der Waals surface area contributed by atoms with Gasteiger partial charge in [0.05, 0.1) is 0 Å². The fraction of sp³-hybridized carbons (Fsp3) is 0.364. The molecule has 5 heteroatoms. The number of anilines is 1. The third-order valence-electron chi connectivity index (χ3n) is 2.44. The van der Waals surface area contributed by atoms with Crippen LogP contribution in [0.3, 0.4) is 0 Å². The number of carbonyl (C=O) groups is 1. The number of amides is 2. The Morgan fingerprint density at radius 2 is 1.88 bits per heavy atom. The Morgan fingerprint density at radius 1 is 1.25 bits per heavy atom. The molecule has 1 aromatic carbocycles. The predicted molar refractivity (Wildman–Crippen MR) is 63.9 cm³/mol. The minimum Gasteiger partial charge on any atom is -0.322 e. The Hall–Kier alpha value is -1.26. The van der Waals surface area contributed by atoms with Gasteiger partial charge in [0, 0.05) is 36.9 Å². The van der Waals surface area contributed by atoms with Crippen molar-refractivity contribution in [3.05, 3.63) is 29.3 Å². The average molecular weight is 239 g/mol. The number of nitrogens with one attached hydrogen (secondary N) is 1. The molecule has 2 amide bonds. The van der Waals surface area contributed by atoms with Gasteiger partial charge in [-0.3, -0.25) is 0 Å². The number of halogens is 1. The Kier molecular flexibility index (Phi) is 3.64. The van der Waals surface area contributed by atoms with Gasteiger partial charge in [-0.05, 0) is 24.3 Å². The summed E-state index contributed by atoms with van der Waals surface area (Å²) in [7, 11) is 0. The molecule has 0 aliphatic carbocycles. The molecule has 0 spiro atoms. The number of piperazine rings is 1. The van der Waals surface area contributed by atoms with Crippen LogP contribution in [-0.2, 0) is 0 Å². The van der Waals surface area contributed by atoms with Crippen molar-refractivity contribution in [1.29, 1.82) is 0 Å². The first-order valence-corrected chi connectivity index (χ1v) is 5.58. The first-order valence-electron chi connectivity index (χ1n) is 5.20. The number of nitrogens with zero attached hydrogens (tertiary/aromatic N) is 2. The second kappa shape index (κ2) is 5.18. The Morgan fingerprint density at radius 3 is 2.50 bits per heavy atom. The van der Waals surface area contributed by atoms with Crippen molar-refractivity contribution >= 4 is 23.3 Å². The summed E-state index contributed by atoms with van der Waals surface area (Å²) in [6.45, 7) is 2.85. The van der Waals surface area contributed by atoms with Crippen LogP contribution in [0.25, 0.3) is 0 Å². The second-order valence-electron chi connectivity index (χ2n) is 3.59. The monoisotopic (exact) mass is 238 g/mol. The van der Waals surface area contributed by atoms with Gasteiger partial charge in [0.25, 0.3) is 0 Å². The SMILES string of the molecule is O=C(Nc1ccc(Cl)cc1)N1CC[N]CC1. The van der Waals surface area contributed by atoms with E-state index in [1.807, 2.05) is 0 Å². The van der Waals surface area contributed by atoms with Crippen LogP contribution >= 0.6 is 11.6 Å². The molecule has 16 heavy (non-hydrogen) atoms. The van der Waals surface area contributed by atoms with Gasteiger partial charge >= 0.3 is 6.03 Å². The maximum Gasteiger partial charge on any atom is 0.321 e. The van der Waals surface area contributed by atoms with Crippen molar-refractivity contribution in [2.45, 2.75) is 0 Å². The quantitative estimate of drug-likeness (QED) is 0.797. The van der Waals surface area contributed by atoms with E-state index in [0.29, 0.717) is 18.1 Å². The molecule has 1 radical (unpaired) electrons. The van der Waals surface area contributed by atoms with Crippen LogP contribution in [0.1, 0.15) is 0 Å². The van der Waals surface area contributed by atoms with E-state index in [9.17, 15) is 4.79 Å². The van der Waals surface area contributed by atoms with Crippen LogP contribution in [0.2, 0.25) is 5.02 Å². The van der Waals surface area contributed by atoms with Crippen LogP contribution in [0.4, 0.5) is 10.5 Å². The summed E-state index contributed by atoms with van der Waals surface area (Å²) >= 11 is 5.76. The van der Waals surface area contributed by atoms with Crippen molar-refractivity contribution in [3.8, 4) is 0 Å². The minimum atomic E-state index is -0.0720. The fourth-order valence-corrected chi connectivity index (χ4v) is 1.67. The van der Waals surface area contributed by atoms with Crippen molar-refractivity contribution < 1.29 is 4.79 Å². The zero-order valence-electron chi connectivity index (χ0n) is 8.82. The molecule has 1 saturated heterocycles. The number of rotatable bonds is 1. The number of urea groups is 1. The van der Waals surface area contributed by atoms with Gasteiger partial charge in [-0.2, -0.15) is 0 Å². The third-order valence-corrected chi connectivity index (χ3v) is 2.69. The van der Waals surface area contributed by atoms with Gasteiger partial charge in [0.1, 0.15) is 0 Å². The molecule has 2 rings (SSSR count). The highest BCUT2D eigenvalue weighted by molar-refractivity contribution is 6.30. The molecular formula is C11H13ClN3O. The van der Waals surface area contributed by atoms with E-state index in [0.717, 1.165) is 18.8 Å². The molecule has 1 fully saturated rings. The zero-order valence-corrected chi connectivity index (χ0v) is 9.57. The van der Waals surface area contributed by atoms with Crippen LogP contribution < -0.4 is 10.6 Å². The normalized spacial score (nSPS) is 15.9. The van der Waals surface area contributed by atoms with Crippen LogP contribution in [0, 0.1) is 0 Å². The van der Waals surface area contributed by atoms with E-state index in [1.165, 1.54) is 0 Å². The largest absolute Gasteiger partial charge is 0.322 e. The molecule has 85 valence electrons. The molecule has 4 nitrogen and oxygen atoms in total. The number of hydrogen-bond donors (Lipinski definition) is 1. The first-order chi connectivity index (χ1) is 7.75. The predicted octanol–water partition coefficient (Wildman–Crippen LogP) is 1.79. The standard InChI is InChI=1S/C11H13ClN3O/c12-9-1-3-10(4-2-9)14-11(16)15-7-5-13-6-8-15/h1-4H,5-8H2,(H,14,16). The molecule has 0 aromatic heterocycles. The van der Waals surface area contributed by atoms with E-state index in [4.69, 9.17) is 11.6 Å². The number of benzene rings is 1. The smallest absolute Gasteiger partial charge is 0.321 e. The van der Waals surface area contributed by atoms with Gasteiger partial charge in [-0.1, -0.05) is 11.6 Å². The van der Waals surface area contributed by atoms with E-state index in [1.54, 1.807) is 29.2 Å². The molecular weight excluding hydrogens is 226 g/mol. The fourth-order valence-electron chi connectivity index (χ4n) is 1.55. The molecule has 1 aliphatic heterocycles. The second-order valence-corrected chi connectivity index (χ2v) is 4.03. The summed E-state index contributed by atoms with van der Waals surface area (Å²) in [6.07, 6.45) is 0. The van der Waals surface area contributed by atoms with Crippen LogP contribution in [0.5, 0.6) is 0 Å². The highest BCUT2D eigenvalue weighted by Crippen LogP contribution is 2.13. The molecule has 0 saturated carbocycles. The van der Waals surface area contributed by atoms with Gasteiger partial charge in [-0.25, -0.2) is 10.1 Å². The lowest BCUT2D eigenvalue weighted by atomic mass is 10.3. The summed E-state index contributed by atoms with van der Waals surface area (Å²) in [6, 6.07) is 7.01. The van der Waals surface area contributed by atoms with E-state index >= 15 is 0 Å². The van der Waals surface area contributed by atoms with Crippen LogP contribution in [-0.4, -0.2) is 37.1 Å². The van der Waals surface area contributed by atoms with Gasteiger partial charge < -0.3 is 10.2 Å². The molecule has 1 aromatic rings. The lowest BCUT2D eigenvalue weighted by molar-refractivity contribution is 0.203. The number of hydrogen-bond acceptors (Lipinski definition) is 1. The molecule has 0 atom stereocenters. The lowest BCUT2D eigenvalue weighted by Crippen LogP contribution is -2.45. The topological polar surface area (TPSA) is 46.4 Å². The lowest BCUT2D eigenvalue weighted by Gasteiger charge is -2.26. The average Bonchev–Trinajstić information content (AvgIpc) is 2.33. The molecule has 1 heterocycles. The summed E-state index contributed by atoms with van der Waals surface area (Å²) in [5, 5.41) is 7.68. The third kappa shape index (κ3) is 2.87. The summed E-state index contributed by atoms with van der Waals surface area (Å²) in [5.74, 6) is 0. The first kappa shape index (κ1) is 11.2. The van der Waals surface area contributed by atoms with Crippen molar-refractivity contribution in [2.24, 2.45) is 0 Å². The maximum absolute atomic E-state index is 11.8. The Labute approximate surface area is 99.6 Å². The highest BCUT2D eigenvalue weighted by Gasteiger charge is 2.16. The highest BCUT2D eigenvalue weighted by atomic mass is 35.5. The summed E-state index contributed by atoms with van der Waals surface area (Å²) in [4.78, 5) is 13.6. The van der Waals surface area contributed by atoms with Crippen LogP contribution in [0.15, 0.2) is 24.3 Å². The summed E-state index contributed by atoms with van der Waals surface area (Å²) < 4.78 is 0. The van der Waals surface area contributed by atoms with Gasteiger partial charge in [0.15, 0.2) is 0 Å². The van der Waals surface area contributed by atoms with Crippen molar-refractivity contribution in [1.82, 2.24) is 10.2 Å². The maximum atomic E-state index is 11.8. The van der Waals surface area contributed by atoms with Crippen molar-refractivity contribution in [3.63, 3.8) is 0 Å². The van der Waals surface area contributed by atoms with E-state index in [-0.39, 0.29) is 6.03 Å². The van der Waals surface area contributed by atoms with Gasteiger partial charge in [0.2, 0.25) is 0 Å². The zero-order chi connectivity index (χ0) is 11.4. The number of carbonyl (C=O) groups excluding carboxylic acids is 1. The Bertz CT molecular complexity index is 360. The van der Waals surface area contributed by atoms with Crippen molar-refractivity contribution in [2.75, 3.05) is 31.5 Å². The van der Waals surface area contributed by atoms with E-state index < -0.39 is 0 Å². The summed E-state index contributed by atoms with van der Waals surface area (Å²) in [5.41, 5.74) is 0.761. The van der Waals surface area contributed by atoms with Gasteiger partial charge in [-0.15, -0.1) is 0 Å². The van der Waals surface area contributed by atoms with E-state index in [2.05, 4.69) is 10.6 Å². The minimum absolute atomic E-state index is 0.0720. The molecule has 1 N–H and O–H groups in total. The Balaban J connectivity index is 1.93. The molecule has 0 unspecified atom stereocenters.